The maximum Gasteiger partial charge on any atom is 0.274 e. The fourth-order valence-corrected chi connectivity index (χ4v) is 3.15. The smallest absolute Gasteiger partial charge is 0.274 e. The van der Waals surface area contributed by atoms with E-state index in [0.717, 1.165) is 16.8 Å². The Labute approximate surface area is 157 Å². The molecule has 2 aromatic rings. The molecule has 0 bridgehead atoms. The number of nitrogens with one attached hydrogen (secondary N) is 1. The first-order valence-electron chi connectivity index (χ1n) is 8.70. The van der Waals surface area contributed by atoms with Crippen LogP contribution in [0.3, 0.4) is 0 Å². The van der Waals surface area contributed by atoms with Crippen molar-refractivity contribution < 1.29 is 14.5 Å². The number of nitrogens with zero attached hydrogens (tertiary/aromatic N) is 2. The van der Waals surface area contributed by atoms with Gasteiger partial charge in [0, 0.05) is 36.0 Å². The average molecular weight is 367 g/mol. The van der Waals surface area contributed by atoms with E-state index in [0.29, 0.717) is 17.8 Å². The third kappa shape index (κ3) is 3.81. The number of nitro groups is 1. The first-order valence-corrected chi connectivity index (χ1v) is 8.70. The van der Waals surface area contributed by atoms with Gasteiger partial charge in [-0.1, -0.05) is 12.1 Å². The molecule has 3 rings (SSSR count). The summed E-state index contributed by atoms with van der Waals surface area (Å²) in [7, 11) is 0. The van der Waals surface area contributed by atoms with Gasteiger partial charge < -0.3 is 10.2 Å². The van der Waals surface area contributed by atoms with Crippen LogP contribution in [0.1, 0.15) is 23.1 Å². The predicted molar refractivity (Wildman–Crippen MR) is 103 cm³/mol. The number of anilines is 2. The molecule has 0 aromatic heterocycles. The van der Waals surface area contributed by atoms with Crippen molar-refractivity contribution in [1.29, 1.82) is 0 Å². The van der Waals surface area contributed by atoms with Gasteiger partial charge in [0.05, 0.1) is 10.8 Å². The van der Waals surface area contributed by atoms with Gasteiger partial charge in [0.25, 0.3) is 5.69 Å². The summed E-state index contributed by atoms with van der Waals surface area (Å²) in [6.07, 6.45) is 0.118. The molecule has 1 saturated heterocycles. The van der Waals surface area contributed by atoms with Crippen molar-refractivity contribution in [1.82, 2.24) is 0 Å². The number of hydrogen-bond acceptors (Lipinski definition) is 4. The van der Waals surface area contributed by atoms with E-state index in [2.05, 4.69) is 5.32 Å². The van der Waals surface area contributed by atoms with Gasteiger partial charge in [-0.3, -0.25) is 19.7 Å². The number of benzene rings is 2. The van der Waals surface area contributed by atoms with E-state index in [1.807, 2.05) is 32.0 Å². The van der Waals surface area contributed by atoms with Crippen molar-refractivity contribution in [2.75, 3.05) is 16.8 Å². The molecule has 2 aromatic carbocycles. The lowest BCUT2D eigenvalue weighted by molar-refractivity contribution is -0.385. The van der Waals surface area contributed by atoms with E-state index in [1.54, 1.807) is 24.0 Å². The van der Waals surface area contributed by atoms with E-state index in [-0.39, 0.29) is 23.9 Å². The van der Waals surface area contributed by atoms with Crippen LogP contribution in [-0.2, 0) is 9.59 Å². The SMILES string of the molecule is Cc1ccc(N2C[C@H](C(=O)Nc3ccc(C)c([N+](=O)[O-])c3)CC2=O)cc1C. The first kappa shape index (κ1) is 18.6. The number of hydrogen-bond donors (Lipinski definition) is 1. The summed E-state index contributed by atoms with van der Waals surface area (Å²) in [6.45, 7) is 5.91. The second-order valence-electron chi connectivity index (χ2n) is 6.92. The second-order valence-corrected chi connectivity index (χ2v) is 6.92. The molecule has 140 valence electrons. The molecule has 2 amide bonds. The van der Waals surface area contributed by atoms with Crippen molar-refractivity contribution in [3.63, 3.8) is 0 Å². The molecule has 1 aliphatic heterocycles. The molecule has 27 heavy (non-hydrogen) atoms. The van der Waals surface area contributed by atoms with Crippen LogP contribution >= 0.6 is 0 Å². The molecule has 1 heterocycles. The molecule has 0 aliphatic carbocycles. The van der Waals surface area contributed by atoms with Crippen LogP contribution < -0.4 is 10.2 Å². The summed E-state index contributed by atoms with van der Waals surface area (Å²) in [5.41, 5.74) is 3.83. The van der Waals surface area contributed by atoms with Crippen LogP contribution in [0.2, 0.25) is 0 Å². The second kappa shape index (κ2) is 7.19. The lowest BCUT2D eigenvalue weighted by Gasteiger charge is -2.18. The zero-order valence-corrected chi connectivity index (χ0v) is 15.5. The molecule has 7 heteroatoms. The number of amides is 2. The molecular weight excluding hydrogens is 346 g/mol. The highest BCUT2D eigenvalue weighted by Gasteiger charge is 2.35. The van der Waals surface area contributed by atoms with Gasteiger partial charge in [-0.2, -0.15) is 0 Å². The van der Waals surface area contributed by atoms with Gasteiger partial charge in [-0.15, -0.1) is 0 Å². The van der Waals surface area contributed by atoms with Gasteiger partial charge in [0.15, 0.2) is 0 Å². The monoisotopic (exact) mass is 367 g/mol. The Hall–Kier alpha value is -3.22. The fraction of sp³-hybridized carbons (Fsp3) is 0.300. The summed E-state index contributed by atoms with van der Waals surface area (Å²) >= 11 is 0. The van der Waals surface area contributed by atoms with E-state index in [1.165, 1.54) is 6.07 Å². The van der Waals surface area contributed by atoms with E-state index >= 15 is 0 Å². The summed E-state index contributed by atoms with van der Waals surface area (Å²) in [5, 5.41) is 13.7. The Balaban J connectivity index is 1.73. The zero-order chi connectivity index (χ0) is 19.7. The summed E-state index contributed by atoms with van der Waals surface area (Å²) < 4.78 is 0. The minimum absolute atomic E-state index is 0.0490. The minimum atomic E-state index is -0.500. The standard InChI is InChI=1S/C20H21N3O4/c1-12-5-7-17(8-14(12)3)22-11-15(9-19(22)24)20(25)21-16-6-4-13(2)18(10-16)23(26)27/h4-8,10,15H,9,11H2,1-3H3,(H,21,25)/t15-/m1/s1. The van der Waals surface area contributed by atoms with Crippen molar-refractivity contribution in [3.05, 3.63) is 63.2 Å². The minimum Gasteiger partial charge on any atom is -0.326 e. The topological polar surface area (TPSA) is 92.6 Å². The highest BCUT2D eigenvalue weighted by atomic mass is 16.6. The van der Waals surface area contributed by atoms with Crippen LogP contribution in [-0.4, -0.2) is 23.3 Å². The van der Waals surface area contributed by atoms with Gasteiger partial charge in [-0.05, 0) is 50.1 Å². The fourth-order valence-electron chi connectivity index (χ4n) is 3.15. The molecule has 1 N–H and O–H groups in total. The van der Waals surface area contributed by atoms with E-state index in [4.69, 9.17) is 0 Å². The van der Waals surface area contributed by atoms with Crippen LogP contribution in [0.25, 0.3) is 0 Å². The van der Waals surface area contributed by atoms with Crippen LogP contribution in [0.15, 0.2) is 36.4 Å². The molecule has 1 fully saturated rings. The Morgan fingerprint density at radius 2 is 1.81 bits per heavy atom. The molecule has 1 atom stereocenters. The number of rotatable bonds is 4. The van der Waals surface area contributed by atoms with Gasteiger partial charge in [0.2, 0.25) is 11.8 Å². The van der Waals surface area contributed by atoms with Gasteiger partial charge in [0.1, 0.15) is 0 Å². The predicted octanol–water partition coefficient (Wildman–Crippen LogP) is 3.51. The number of aryl methyl sites for hydroxylation is 3. The molecule has 0 saturated carbocycles. The van der Waals surface area contributed by atoms with Crippen molar-refractivity contribution in [2.24, 2.45) is 5.92 Å². The normalized spacial score (nSPS) is 16.5. The van der Waals surface area contributed by atoms with Crippen LogP contribution in [0.4, 0.5) is 17.1 Å². The lowest BCUT2D eigenvalue weighted by atomic mass is 10.1. The summed E-state index contributed by atoms with van der Waals surface area (Å²) in [5.74, 6) is -0.916. The van der Waals surface area contributed by atoms with E-state index < -0.39 is 10.8 Å². The number of carbonyl (C=O) groups is 2. The number of carbonyl (C=O) groups excluding carboxylic acids is 2. The molecule has 0 unspecified atom stereocenters. The number of nitro benzene ring substituents is 1. The largest absolute Gasteiger partial charge is 0.326 e. The van der Waals surface area contributed by atoms with Crippen molar-refractivity contribution >= 4 is 28.9 Å². The molecule has 0 spiro atoms. The Kier molecular flexibility index (Phi) is 4.94. The quantitative estimate of drug-likeness (QED) is 0.661. The third-order valence-electron chi connectivity index (χ3n) is 4.97. The Morgan fingerprint density at radius 3 is 2.48 bits per heavy atom. The maximum absolute atomic E-state index is 12.6. The summed E-state index contributed by atoms with van der Waals surface area (Å²) in [6, 6.07) is 10.3. The zero-order valence-electron chi connectivity index (χ0n) is 15.5. The molecule has 0 radical (unpaired) electrons. The summed E-state index contributed by atoms with van der Waals surface area (Å²) in [4.78, 5) is 37.1. The molecule has 7 nitrogen and oxygen atoms in total. The highest BCUT2D eigenvalue weighted by molar-refractivity contribution is 6.03. The van der Waals surface area contributed by atoms with Crippen molar-refractivity contribution in [3.8, 4) is 0 Å². The Bertz CT molecular complexity index is 939. The third-order valence-corrected chi connectivity index (χ3v) is 4.97. The van der Waals surface area contributed by atoms with Crippen LogP contribution in [0, 0.1) is 36.8 Å². The van der Waals surface area contributed by atoms with E-state index in [9.17, 15) is 19.7 Å². The van der Waals surface area contributed by atoms with Gasteiger partial charge in [-0.25, -0.2) is 0 Å². The van der Waals surface area contributed by atoms with Gasteiger partial charge >= 0.3 is 0 Å². The maximum atomic E-state index is 12.6. The molecular formula is C20H21N3O4. The Morgan fingerprint density at radius 1 is 1.11 bits per heavy atom. The highest BCUT2D eigenvalue weighted by Crippen LogP contribution is 2.28. The lowest BCUT2D eigenvalue weighted by Crippen LogP contribution is -2.28. The first-order chi connectivity index (χ1) is 12.8. The van der Waals surface area contributed by atoms with Crippen LogP contribution in [0.5, 0.6) is 0 Å². The van der Waals surface area contributed by atoms with Crippen molar-refractivity contribution in [2.45, 2.75) is 27.2 Å². The molecule has 1 aliphatic rings. The average Bonchev–Trinajstić information content (AvgIpc) is 3.00.